The van der Waals surface area contributed by atoms with Crippen LogP contribution in [0.25, 0.3) is 0 Å². The molecule has 3 heteroatoms. The summed E-state index contributed by atoms with van der Waals surface area (Å²) in [6, 6.07) is 1.50. The fraction of sp³-hybridized carbons (Fsp3) is 1.00. The van der Waals surface area contributed by atoms with Gasteiger partial charge in [-0.2, -0.15) is 0 Å². The first-order valence-corrected chi connectivity index (χ1v) is 9.15. The Kier molecular flexibility index (Phi) is 6.51. The predicted octanol–water partition coefficient (Wildman–Crippen LogP) is 2.67. The molecule has 0 spiro atoms. The molecule has 0 radical (unpaired) electrons. The van der Waals surface area contributed by atoms with E-state index in [9.17, 15) is 0 Å². The van der Waals surface area contributed by atoms with E-state index in [0.717, 1.165) is 29.8 Å². The lowest BCUT2D eigenvalue weighted by Gasteiger charge is -2.44. The standard InChI is InChI=1S/C18H37N3/c1-6-17-13-21(10-9-20(17)5)12-16-11-15(14(2)3)7-8-18(16)19-4/h14-19H,6-13H2,1-5H3. The second-order valence-electron chi connectivity index (χ2n) is 7.77. The first-order chi connectivity index (χ1) is 10.0. The monoisotopic (exact) mass is 295 g/mol. The summed E-state index contributed by atoms with van der Waals surface area (Å²) in [6.45, 7) is 12.2. The molecule has 4 atom stereocenters. The first kappa shape index (κ1) is 17.2. The van der Waals surface area contributed by atoms with Gasteiger partial charge in [0.15, 0.2) is 0 Å². The highest BCUT2D eigenvalue weighted by molar-refractivity contribution is 4.89. The molecule has 2 aliphatic rings. The molecule has 1 aliphatic carbocycles. The molecule has 0 bridgehead atoms. The van der Waals surface area contributed by atoms with Gasteiger partial charge in [0, 0.05) is 38.3 Å². The second-order valence-corrected chi connectivity index (χ2v) is 7.77. The van der Waals surface area contributed by atoms with Gasteiger partial charge in [-0.1, -0.05) is 20.8 Å². The Morgan fingerprint density at radius 2 is 1.95 bits per heavy atom. The molecule has 0 aromatic heterocycles. The number of hydrogen-bond donors (Lipinski definition) is 1. The lowest BCUT2D eigenvalue weighted by atomic mass is 9.73. The highest BCUT2D eigenvalue weighted by Gasteiger charge is 2.33. The molecular formula is C18H37N3. The normalized spacial score (nSPS) is 36.3. The molecule has 3 nitrogen and oxygen atoms in total. The summed E-state index contributed by atoms with van der Waals surface area (Å²) in [6.07, 6.45) is 5.49. The third kappa shape index (κ3) is 4.43. The third-order valence-corrected chi connectivity index (χ3v) is 6.16. The van der Waals surface area contributed by atoms with Crippen LogP contribution in [0.3, 0.4) is 0 Å². The molecule has 2 fully saturated rings. The van der Waals surface area contributed by atoms with Gasteiger partial charge >= 0.3 is 0 Å². The molecule has 1 N–H and O–H groups in total. The van der Waals surface area contributed by atoms with Gasteiger partial charge in [-0.25, -0.2) is 0 Å². The lowest BCUT2D eigenvalue weighted by Crippen LogP contribution is -2.54. The van der Waals surface area contributed by atoms with Gasteiger partial charge in [0.25, 0.3) is 0 Å². The van der Waals surface area contributed by atoms with Crippen molar-refractivity contribution in [3.05, 3.63) is 0 Å². The van der Waals surface area contributed by atoms with Crippen molar-refractivity contribution >= 4 is 0 Å². The van der Waals surface area contributed by atoms with E-state index < -0.39 is 0 Å². The molecule has 0 amide bonds. The van der Waals surface area contributed by atoms with E-state index in [1.54, 1.807) is 0 Å². The summed E-state index contributed by atoms with van der Waals surface area (Å²) in [5, 5.41) is 3.60. The van der Waals surface area contributed by atoms with Gasteiger partial charge in [-0.15, -0.1) is 0 Å². The van der Waals surface area contributed by atoms with Crippen molar-refractivity contribution in [1.82, 2.24) is 15.1 Å². The van der Waals surface area contributed by atoms with Crippen LogP contribution in [0.4, 0.5) is 0 Å². The highest BCUT2D eigenvalue weighted by atomic mass is 15.3. The molecule has 1 saturated carbocycles. The zero-order valence-electron chi connectivity index (χ0n) is 14.9. The summed E-state index contributed by atoms with van der Waals surface area (Å²) >= 11 is 0. The Hall–Kier alpha value is -0.120. The van der Waals surface area contributed by atoms with Crippen LogP contribution in [0.15, 0.2) is 0 Å². The SMILES string of the molecule is CCC1CN(CC2CC(C(C)C)CCC2NC)CCN1C. The molecular weight excluding hydrogens is 258 g/mol. The Bertz CT molecular complexity index is 305. The number of likely N-dealkylation sites (N-methyl/N-ethyl adjacent to an activating group) is 1. The van der Waals surface area contributed by atoms with Crippen molar-refractivity contribution in [2.75, 3.05) is 40.3 Å². The van der Waals surface area contributed by atoms with Crippen molar-refractivity contribution in [2.45, 2.75) is 58.5 Å². The van der Waals surface area contributed by atoms with Gasteiger partial charge < -0.3 is 15.1 Å². The summed E-state index contributed by atoms with van der Waals surface area (Å²) in [4.78, 5) is 5.29. The smallest absolute Gasteiger partial charge is 0.0218 e. The van der Waals surface area contributed by atoms with Crippen LogP contribution in [0.5, 0.6) is 0 Å². The van der Waals surface area contributed by atoms with E-state index in [0.29, 0.717) is 0 Å². The average molecular weight is 296 g/mol. The molecule has 1 heterocycles. The molecule has 1 saturated heterocycles. The molecule has 124 valence electrons. The van der Waals surface area contributed by atoms with Crippen LogP contribution in [0, 0.1) is 17.8 Å². The summed E-state index contributed by atoms with van der Waals surface area (Å²) in [5.41, 5.74) is 0. The van der Waals surface area contributed by atoms with Crippen molar-refractivity contribution in [3.63, 3.8) is 0 Å². The average Bonchev–Trinajstić information content (AvgIpc) is 2.49. The van der Waals surface area contributed by atoms with Crippen molar-refractivity contribution < 1.29 is 0 Å². The Morgan fingerprint density at radius 1 is 1.19 bits per heavy atom. The lowest BCUT2D eigenvalue weighted by molar-refractivity contribution is 0.0592. The van der Waals surface area contributed by atoms with Crippen LogP contribution in [-0.2, 0) is 0 Å². The van der Waals surface area contributed by atoms with Crippen molar-refractivity contribution in [3.8, 4) is 0 Å². The van der Waals surface area contributed by atoms with Crippen molar-refractivity contribution in [1.29, 1.82) is 0 Å². The molecule has 4 unspecified atom stereocenters. The molecule has 2 rings (SSSR count). The maximum atomic E-state index is 3.60. The fourth-order valence-electron chi connectivity index (χ4n) is 4.44. The van der Waals surface area contributed by atoms with E-state index in [1.807, 2.05) is 0 Å². The third-order valence-electron chi connectivity index (χ3n) is 6.16. The second kappa shape index (κ2) is 7.94. The Balaban J connectivity index is 1.92. The van der Waals surface area contributed by atoms with Gasteiger partial charge in [0.05, 0.1) is 0 Å². The maximum Gasteiger partial charge on any atom is 0.0218 e. The van der Waals surface area contributed by atoms with Gasteiger partial charge in [-0.3, -0.25) is 0 Å². The van der Waals surface area contributed by atoms with Crippen molar-refractivity contribution in [2.24, 2.45) is 17.8 Å². The fourth-order valence-corrected chi connectivity index (χ4v) is 4.44. The summed E-state index contributed by atoms with van der Waals surface area (Å²) in [7, 11) is 4.45. The minimum Gasteiger partial charge on any atom is -0.317 e. The van der Waals surface area contributed by atoms with Gasteiger partial charge in [0.2, 0.25) is 0 Å². The predicted molar refractivity (Wildman–Crippen MR) is 91.7 cm³/mol. The van der Waals surface area contributed by atoms with E-state index in [1.165, 1.54) is 51.9 Å². The van der Waals surface area contributed by atoms with Gasteiger partial charge in [-0.05, 0) is 57.5 Å². The van der Waals surface area contributed by atoms with E-state index >= 15 is 0 Å². The van der Waals surface area contributed by atoms with E-state index in [4.69, 9.17) is 0 Å². The topological polar surface area (TPSA) is 18.5 Å². The molecule has 0 aromatic rings. The maximum absolute atomic E-state index is 3.60. The Labute approximate surface area is 132 Å². The van der Waals surface area contributed by atoms with Crippen LogP contribution >= 0.6 is 0 Å². The van der Waals surface area contributed by atoms with E-state index in [2.05, 4.69) is 50.0 Å². The molecule has 0 aromatic carbocycles. The summed E-state index contributed by atoms with van der Waals surface area (Å²) in [5.74, 6) is 2.63. The molecule has 1 aliphatic heterocycles. The quantitative estimate of drug-likeness (QED) is 0.841. The molecule has 21 heavy (non-hydrogen) atoms. The number of rotatable bonds is 5. The van der Waals surface area contributed by atoms with Gasteiger partial charge in [0.1, 0.15) is 0 Å². The number of nitrogens with one attached hydrogen (secondary N) is 1. The first-order valence-electron chi connectivity index (χ1n) is 9.15. The van der Waals surface area contributed by atoms with Crippen LogP contribution in [-0.4, -0.2) is 62.2 Å². The van der Waals surface area contributed by atoms with E-state index in [-0.39, 0.29) is 0 Å². The Morgan fingerprint density at radius 3 is 2.57 bits per heavy atom. The number of piperazine rings is 1. The highest BCUT2D eigenvalue weighted by Crippen LogP contribution is 2.34. The zero-order valence-corrected chi connectivity index (χ0v) is 14.9. The van der Waals surface area contributed by atoms with Crippen LogP contribution < -0.4 is 5.32 Å². The van der Waals surface area contributed by atoms with Crippen LogP contribution in [0.1, 0.15) is 46.5 Å². The van der Waals surface area contributed by atoms with Crippen LogP contribution in [0.2, 0.25) is 0 Å². The minimum atomic E-state index is 0.736. The summed E-state index contributed by atoms with van der Waals surface area (Å²) < 4.78 is 0. The minimum absolute atomic E-state index is 0.736. The zero-order chi connectivity index (χ0) is 15.4. The largest absolute Gasteiger partial charge is 0.317 e. The number of hydrogen-bond acceptors (Lipinski definition) is 3. The number of nitrogens with zero attached hydrogens (tertiary/aromatic N) is 2.